The fraction of sp³-hybridized carbons (Fsp3) is 0.529. The zero-order chi connectivity index (χ0) is 18.7. The molecule has 1 N–H and O–H groups in total. The van der Waals surface area contributed by atoms with Gasteiger partial charge < -0.3 is 15.0 Å². The van der Waals surface area contributed by atoms with Crippen molar-refractivity contribution in [1.29, 1.82) is 0 Å². The maximum absolute atomic E-state index is 14.6. The fourth-order valence-corrected chi connectivity index (χ4v) is 3.23. The molecule has 2 aliphatic heterocycles. The summed E-state index contributed by atoms with van der Waals surface area (Å²) in [4.78, 5) is 36.8. The fourth-order valence-electron chi connectivity index (χ4n) is 3.23. The third-order valence-corrected chi connectivity index (χ3v) is 4.65. The molecule has 1 atom stereocenters. The second-order valence-corrected chi connectivity index (χ2v) is 6.51. The van der Waals surface area contributed by atoms with E-state index in [-0.39, 0.29) is 25.0 Å². The summed E-state index contributed by atoms with van der Waals surface area (Å²) in [5, 5.41) is 5.65. The predicted molar refractivity (Wildman–Crippen MR) is 93.7 cm³/mol. The zero-order valence-electron chi connectivity index (χ0n) is 14.5. The number of ether oxygens (including phenoxy) is 1. The highest BCUT2D eigenvalue weighted by atomic mass is 19.1. The Balaban J connectivity index is 1.67. The molecule has 2 saturated heterocycles. The molecule has 2 heterocycles. The molecule has 0 radical (unpaired) electrons. The van der Waals surface area contributed by atoms with Crippen LogP contribution in [0.5, 0.6) is 0 Å². The maximum Gasteiger partial charge on any atom is 0.414 e. The Bertz CT molecular complexity index is 706. The van der Waals surface area contributed by atoms with Gasteiger partial charge in [0, 0.05) is 20.0 Å². The Morgan fingerprint density at radius 2 is 2.12 bits per heavy atom. The van der Waals surface area contributed by atoms with Crippen molar-refractivity contribution < 1.29 is 18.7 Å². The number of halogens is 1. The SMILES string of the molecule is CC(=O)NCC1CN(c2ccc(N3CCC(N=O)CC3)c(F)c2)C(=O)O1. The van der Waals surface area contributed by atoms with Gasteiger partial charge in [0.1, 0.15) is 11.9 Å². The van der Waals surface area contributed by atoms with Gasteiger partial charge in [-0.2, -0.15) is 4.91 Å². The van der Waals surface area contributed by atoms with E-state index in [2.05, 4.69) is 10.5 Å². The van der Waals surface area contributed by atoms with E-state index in [0.717, 1.165) is 0 Å². The second-order valence-electron chi connectivity index (χ2n) is 6.51. The number of cyclic esters (lactones) is 1. The normalized spacial score (nSPS) is 20.8. The Labute approximate surface area is 150 Å². The first-order valence-corrected chi connectivity index (χ1v) is 8.57. The number of anilines is 2. The minimum absolute atomic E-state index is 0.200. The first-order chi connectivity index (χ1) is 12.5. The van der Waals surface area contributed by atoms with Gasteiger partial charge in [-0.15, -0.1) is 0 Å². The van der Waals surface area contributed by atoms with Gasteiger partial charge in [0.25, 0.3) is 0 Å². The van der Waals surface area contributed by atoms with Crippen LogP contribution in [0.1, 0.15) is 19.8 Å². The van der Waals surface area contributed by atoms with E-state index in [9.17, 15) is 18.9 Å². The Morgan fingerprint density at radius 3 is 2.73 bits per heavy atom. The van der Waals surface area contributed by atoms with Crippen LogP contribution < -0.4 is 15.1 Å². The summed E-state index contributed by atoms with van der Waals surface area (Å²) in [5.41, 5.74) is 0.853. The molecule has 1 aromatic rings. The molecule has 26 heavy (non-hydrogen) atoms. The predicted octanol–water partition coefficient (Wildman–Crippen LogP) is 2.02. The number of hydrogen-bond acceptors (Lipinski definition) is 6. The number of hydrogen-bond donors (Lipinski definition) is 1. The molecular formula is C17H21FN4O4. The van der Waals surface area contributed by atoms with Gasteiger partial charge in [0.2, 0.25) is 5.91 Å². The molecule has 1 aromatic carbocycles. The molecule has 0 aliphatic carbocycles. The minimum Gasteiger partial charge on any atom is -0.442 e. The van der Waals surface area contributed by atoms with Gasteiger partial charge in [-0.25, -0.2) is 9.18 Å². The number of nitroso groups, excluding NO2 is 1. The van der Waals surface area contributed by atoms with Crippen molar-refractivity contribution in [2.24, 2.45) is 5.18 Å². The zero-order valence-corrected chi connectivity index (χ0v) is 14.5. The molecule has 2 fully saturated rings. The lowest BCUT2D eigenvalue weighted by Crippen LogP contribution is -2.35. The number of nitrogens with zero attached hydrogens (tertiary/aromatic N) is 3. The molecule has 2 aliphatic rings. The average Bonchev–Trinajstić information content (AvgIpc) is 3.01. The average molecular weight is 364 g/mol. The summed E-state index contributed by atoms with van der Waals surface area (Å²) >= 11 is 0. The number of carbonyl (C=O) groups excluding carboxylic acids is 2. The van der Waals surface area contributed by atoms with Crippen molar-refractivity contribution in [1.82, 2.24) is 5.32 Å². The molecule has 1 unspecified atom stereocenters. The van der Waals surface area contributed by atoms with Crippen LogP contribution in [0.25, 0.3) is 0 Å². The van der Waals surface area contributed by atoms with Crippen LogP contribution in [0.3, 0.4) is 0 Å². The lowest BCUT2D eigenvalue weighted by Gasteiger charge is -2.31. The smallest absolute Gasteiger partial charge is 0.414 e. The Kier molecular flexibility index (Phi) is 5.34. The molecule has 8 nitrogen and oxygen atoms in total. The van der Waals surface area contributed by atoms with Gasteiger partial charge in [0.05, 0.1) is 30.5 Å². The molecule has 140 valence electrons. The molecule has 3 rings (SSSR count). The highest BCUT2D eigenvalue weighted by molar-refractivity contribution is 5.90. The van der Waals surface area contributed by atoms with Gasteiger partial charge >= 0.3 is 6.09 Å². The van der Waals surface area contributed by atoms with Crippen LogP contribution >= 0.6 is 0 Å². The molecule has 9 heteroatoms. The molecule has 0 bridgehead atoms. The van der Waals surface area contributed by atoms with E-state index < -0.39 is 18.0 Å². The number of nitrogens with one attached hydrogen (secondary N) is 1. The molecule has 2 amide bonds. The Hall–Kier alpha value is -2.71. The van der Waals surface area contributed by atoms with Gasteiger partial charge in [-0.3, -0.25) is 9.69 Å². The highest BCUT2D eigenvalue weighted by Crippen LogP contribution is 2.29. The van der Waals surface area contributed by atoms with E-state index in [1.165, 1.54) is 17.9 Å². The third kappa shape index (κ3) is 3.92. The van der Waals surface area contributed by atoms with Crippen molar-refractivity contribution in [3.63, 3.8) is 0 Å². The van der Waals surface area contributed by atoms with E-state index >= 15 is 0 Å². The van der Waals surface area contributed by atoms with Crippen molar-refractivity contribution >= 4 is 23.4 Å². The number of amides is 2. The second kappa shape index (κ2) is 7.67. The Morgan fingerprint density at radius 1 is 1.38 bits per heavy atom. The monoisotopic (exact) mass is 364 g/mol. The van der Waals surface area contributed by atoms with E-state index in [1.807, 2.05) is 4.90 Å². The number of carbonyl (C=O) groups is 2. The van der Waals surface area contributed by atoms with Gasteiger partial charge in [-0.05, 0) is 31.0 Å². The molecular weight excluding hydrogens is 343 g/mol. The number of piperidine rings is 1. The lowest BCUT2D eigenvalue weighted by atomic mass is 10.1. The molecule has 0 aromatic heterocycles. The van der Waals surface area contributed by atoms with E-state index in [1.54, 1.807) is 12.1 Å². The van der Waals surface area contributed by atoms with Crippen molar-refractivity contribution in [3.05, 3.63) is 28.9 Å². The van der Waals surface area contributed by atoms with Crippen molar-refractivity contribution in [2.75, 3.05) is 36.0 Å². The third-order valence-electron chi connectivity index (χ3n) is 4.65. The number of rotatable bonds is 5. The van der Waals surface area contributed by atoms with Crippen LogP contribution in [0.4, 0.5) is 20.6 Å². The minimum atomic E-state index is -0.564. The quantitative estimate of drug-likeness (QED) is 0.807. The number of benzene rings is 1. The molecule has 0 spiro atoms. The summed E-state index contributed by atoms with van der Waals surface area (Å²) in [6.45, 7) is 2.98. The topological polar surface area (TPSA) is 91.3 Å². The summed E-state index contributed by atoms with van der Waals surface area (Å²) < 4.78 is 19.8. The summed E-state index contributed by atoms with van der Waals surface area (Å²) in [6, 6.07) is 4.41. The largest absolute Gasteiger partial charge is 0.442 e. The van der Waals surface area contributed by atoms with Crippen LogP contribution in [0.2, 0.25) is 0 Å². The lowest BCUT2D eigenvalue weighted by molar-refractivity contribution is -0.119. The van der Waals surface area contributed by atoms with Gasteiger partial charge in [0.15, 0.2) is 0 Å². The van der Waals surface area contributed by atoms with Crippen LogP contribution in [-0.4, -0.2) is 50.3 Å². The van der Waals surface area contributed by atoms with E-state index in [4.69, 9.17) is 4.74 Å². The standard InChI is InChI=1S/C17H21FN4O4/c1-11(23)19-9-14-10-22(17(24)26-14)13-2-3-16(15(18)8-13)21-6-4-12(20-25)5-7-21/h2-3,8,12,14H,4-7,9-10H2,1H3,(H,19,23). The maximum atomic E-state index is 14.6. The van der Waals surface area contributed by atoms with Crippen LogP contribution in [0.15, 0.2) is 23.4 Å². The van der Waals surface area contributed by atoms with Crippen molar-refractivity contribution in [2.45, 2.75) is 31.9 Å². The van der Waals surface area contributed by atoms with Crippen molar-refractivity contribution in [3.8, 4) is 0 Å². The highest BCUT2D eigenvalue weighted by Gasteiger charge is 2.33. The summed E-state index contributed by atoms with van der Waals surface area (Å²) in [6.07, 6.45) is 0.177. The molecule has 0 saturated carbocycles. The first kappa shape index (κ1) is 18.1. The first-order valence-electron chi connectivity index (χ1n) is 8.57. The summed E-state index contributed by atoms with van der Waals surface area (Å²) in [7, 11) is 0. The van der Waals surface area contributed by atoms with Crippen LogP contribution in [-0.2, 0) is 9.53 Å². The van der Waals surface area contributed by atoms with Gasteiger partial charge in [-0.1, -0.05) is 5.18 Å². The van der Waals surface area contributed by atoms with Crippen LogP contribution in [0, 0.1) is 10.7 Å². The summed E-state index contributed by atoms with van der Waals surface area (Å²) in [5.74, 6) is -0.637. The van der Waals surface area contributed by atoms with E-state index in [0.29, 0.717) is 37.3 Å².